The maximum Gasteiger partial charge on any atom is 0.230 e. The second-order valence-electron chi connectivity index (χ2n) is 6.42. The van der Waals surface area contributed by atoms with Gasteiger partial charge < -0.3 is 19.2 Å². The number of thioether (sulfide) groups is 1. The van der Waals surface area contributed by atoms with E-state index in [1.54, 1.807) is 0 Å². The maximum atomic E-state index is 12.3. The minimum atomic E-state index is -0.186. The van der Waals surface area contributed by atoms with Gasteiger partial charge in [0.05, 0.1) is 25.0 Å². The zero-order valence-electron chi connectivity index (χ0n) is 15.1. The monoisotopic (exact) mass is 383 g/mol. The van der Waals surface area contributed by atoms with Crippen molar-refractivity contribution in [2.45, 2.75) is 24.3 Å². The number of rotatable bonds is 5. The van der Waals surface area contributed by atoms with Gasteiger partial charge in [0.1, 0.15) is 11.3 Å². The first-order valence-electron chi connectivity index (χ1n) is 8.99. The third kappa shape index (κ3) is 4.22. The molecule has 4 rings (SSSR count). The van der Waals surface area contributed by atoms with Crippen LogP contribution in [0.3, 0.4) is 0 Å². The molecule has 3 aromatic rings. The lowest BCUT2D eigenvalue weighted by atomic mass is 10.2. The topological polar surface area (TPSA) is 60.7 Å². The highest BCUT2D eigenvalue weighted by Crippen LogP contribution is 2.34. The van der Waals surface area contributed by atoms with Crippen LogP contribution < -0.4 is 14.8 Å². The molecule has 140 valence electrons. The second-order valence-corrected chi connectivity index (χ2v) is 7.47. The number of amides is 1. The maximum absolute atomic E-state index is 12.3. The number of hydrogen-bond donors (Lipinski definition) is 1. The van der Waals surface area contributed by atoms with Gasteiger partial charge in [-0.3, -0.25) is 4.79 Å². The van der Waals surface area contributed by atoms with Crippen molar-refractivity contribution >= 4 is 28.6 Å². The number of carbonyl (C=O) groups is 1. The van der Waals surface area contributed by atoms with E-state index in [0.29, 0.717) is 19.0 Å². The van der Waals surface area contributed by atoms with Gasteiger partial charge in [-0.2, -0.15) is 0 Å². The van der Waals surface area contributed by atoms with Crippen LogP contribution in [0.15, 0.2) is 57.8 Å². The third-order valence-corrected chi connectivity index (χ3v) is 5.33. The molecule has 0 bridgehead atoms. The zero-order chi connectivity index (χ0) is 18.6. The predicted molar refractivity (Wildman–Crippen MR) is 106 cm³/mol. The quantitative estimate of drug-likeness (QED) is 0.654. The van der Waals surface area contributed by atoms with E-state index in [0.717, 1.165) is 39.5 Å². The smallest absolute Gasteiger partial charge is 0.230 e. The van der Waals surface area contributed by atoms with Crippen LogP contribution in [0.25, 0.3) is 11.0 Å². The minimum absolute atomic E-state index is 0.0416. The average Bonchev–Trinajstić information content (AvgIpc) is 2.98. The molecular weight excluding hydrogens is 362 g/mol. The van der Waals surface area contributed by atoms with Gasteiger partial charge in [0.2, 0.25) is 5.91 Å². The molecule has 0 fully saturated rings. The van der Waals surface area contributed by atoms with Crippen molar-refractivity contribution in [3.05, 3.63) is 54.3 Å². The van der Waals surface area contributed by atoms with Crippen molar-refractivity contribution in [1.29, 1.82) is 0 Å². The number of carbonyl (C=O) groups excluding carboxylic acids is 1. The van der Waals surface area contributed by atoms with Crippen LogP contribution in [0, 0.1) is 0 Å². The molecule has 1 amide bonds. The summed E-state index contributed by atoms with van der Waals surface area (Å²) in [5, 5.41) is 4.03. The summed E-state index contributed by atoms with van der Waals surface area (Å²) in [5.41, 5.74) is 0.829. The number of furan rings is 1. The van der Waals surface area contributed by atoms with E-state index in [1.165, 1.54) is 11.8 Å². The number of fused-ring (bicyclic) bond motifs is 2. The molecule has 0 saturated carbocycles. The van der Waals surface area contributed by atoms with Gasteiger partial charge >= 0.3 is 0 Å². The molecular formula is C21H21NO4S. The predicted octanol–water partition coefficient (Wildman–Crippen LogP) is 4.56. The average molecular weight is 383 g/mol. The Labute approximate surface area is 162 Å². The van der Waals surface area contributed by atoms with E-state index in [2.05, 4.69) is 5.32 Å². The van der Waals surface area contributed by atoms with E-state index in [4.69, 9.17) is 13.9 Å². The molecule has 1 aromatic heterocycles. The Balaban J connectivity index is 1.34. The Morgan fingerprint density at radius 3 is 2.78 bits per heavy atom. The van der Waals surface area contributed by atoms with Crippen molar-refractivity contribution in [1.82, 2.24) is 5.32 Å². The SMILES string of the molecule is C[C@H](NC(=O)CSc1ccc2c(c1)OCCCO2)c1cc2ccccc2o1. The van der Waals surface area contributed by atoms with Crippen molar-refractivity contribution < 1.29 is 18.7 Å². The molecule has 27 heavy (non-hydrogen) atoms. The van der Waals surface area contributed by atoms with Gasteiger partial charge in [-0.05, 0) is 37.3 Å². The number of nitrogens with one attached hydrogen (secondary N) is 1. The molecule has 2 heterocycles. The zero-order valence-corrected chi connectivity index (χ0v) is 15.9. The lowest BCUT2D eigenvalue weighted by molar-refractivity contribution is -0.119. The molecule has 6 heteroatoms. The van der Waals surface area contributed by atoms with E-state index in [-0.39, 0.29) is 11.9 Å². The first kappa shape index (κ1) is 17.8. The standard InChI is InChI=1S/C21H21NO4S/c1-14(19-11-15-5-2-3-6-17(15)26-19)22-21(23)13-27-16-7-8-18-20(12-16)25-10-4-9-24-18/h2-3,5-8,11-12,14H,4,9-10,13H2,1H3,(H,22,23)/t14-/m0/s1. The summed E-state index contributed by atoms with van der Waals surface area (Å²) in [5.74, 6) is 2.54. The van der Waals surface area contributed by atoms with Crippen molar-refractivity contribution in [3.63, 3.8) is 0 Å². The summed E-state index contributed by atoms with van der Waals surface area (Å²) in [6.45, 7) is 3.24. The molecule has 0 aliphatic carbocycles. The van der Waals surface area contributed by atoms with Gasteiger partial charge in [-0.25, -0.2) is 0 Å². The van der Waals surface area contributed by atoms with Crippen molar-refractivity contribution in [2.75, 3.05) is 19.0 Å². The molecule has 1 atom stereocenters. The Morgan fingerprint density at radius 1 is 1.11 bits per heavy atom. The summed E-state index contributed by atoms with van der Waals surface area (Å²) < 4.78 is 17.1. The Kier molecular flexibility index (Phi) is 5.25. The van der Waals surface area contributed by atoms with Crippen LogP contribution >= 0.6 is 11.8 Å². The Morgan fingerprint density at radius 2 is 1.93 bits per heavy atom. The number of ether oxygens (including phenoxy) is 2. The molecule has 0 unspecified atom stereocenters. The summed E-state index contributed by atoms with van der Waals surface area (Å²) >= 11 is 1.47. The first-order chi connectivity index (χ1) is 13.2. The minimum Gasteiger partial charge on any atom is -0.490 e. The molecule has 0 saturated heterocycles. The summed E-state index contributed by atoms with van der Waals surface area (Å²) in [6.07, 6.45) is 0.874. The highest BCUT2D eigenvalue weighted by molar-refractivity contribution is 8.00. The van der Waals surface area contributed by atoms with Gasteiger partial charge in [-0.15, -0.1) is 11.8 Å². The fourth-order valence-corrected chi connectivity index (χ4v) is 3.69. The first-order valence-corrected chi connectivity index (χ1v) is 9.98. The molecule has 1 aliphatic heterocycles. The van der Waals surface area contributed by atoms with Crippen molar-refractivity contribution in [2.24, 2.45) is 0 Å². The lowest BCUT2D eigenvalue weighted by Gasteiger charge is -2.12. The highest BCUT2D eigenvalue weighted by atomic mass is 32.2. The highest BCUT2D eigenvalue weighted by Gasteiger charge is 2.15. The van der Waals surface area contributed by atoms with E-state index in [1.807, 2.05) is 55.5 Å². The molecule has 0 radical (unpaired) electrons. The van der Waals surface area contributed by atoms with Crippen LogP contribution in [0.2, 0.25) is 0 Å². The number of hydrogen-bond acceptors (Lipinski definition) is 5. The fraction of sp³-hybridized carbons (Fsp3) is 0.286. The largest absolute Gasteiger partial charge is 0.490 e. The number of para-hydroxylation sites is 1. The van der Waals surface area contributed by atoms with E-state index < -0.39 is 0 Å². The third-order valence-electron chi connectivity index (χ3n) is 4.34. The number of benzene rings is 2. The van der Waals surface area contributed by atoms with E-state index in [9.17, 15) is 4.79 Å². The fourth-order valence-electron chi connectivity index (χ4n) is 2.95. The lowest BCUT2D eigenvalue weighted by Crippen LogP contribution is -2.27. The molecule has 1 aliphatic rings. The molecule has 2 aromatic carbocycles. The molecule has 5 nitrogen and oxygen atoms in total. The van der Waals surface area contributed by atoms with Gasteiger partial charge in [0.15, 0.2) is 11.5 Å². The molecule has 1 N–H and O–H groups in total. The van der Waals surface area contributed by atoms with Crippen LogP contribution in [-0.2, 0) is 4.79 Å². The summed E-state index contributed by atoms with van der Waals surface area (Å²) in [4.78, 5) is 13.3. The van der Waals surface area contributed by atoms with Gasteiger partial charge in [0.25, 0.3) is 0 Å². The second kappa shape index (κ2) is 7.96. The normalized spacial score (nSPS) is 14.6. The van der Waals surface area contributed by atoms with Crippen molar-refractivity contribution in [3.8, 4) is 11.5 Å². The van der Waals surface area contributed by atoms with Crippen LogP contribution in [0.4, 0.5) is 0 Å². The summed E-state index contributed by atoms with van der Waals surface area (Å²) in [6, 6.07) is 15.4. The Hall–Kier alpha value is -2.60. The summed E-state index contributed by atoms with van der Waals surface area (Å²) in [7, 11) is 0. The van der Waals surface area contributed by atoms with Crippen LogP contribution in [-0.4, -0.2) is 24.9 Å². The van der Waals surface area contributed by atoms with Crippen LogP contribution in [0.1, 0.15) is 25.1 Å². The Bertz CT molecular complexity index is 919. The van der Waals surface area contributed by atoms with E-state index >= 15 is 0 Å². The van der Waals surface area contributed by atoms with Gasteiger partial charge in [-0.1, -0.05) is 18.2 Å². The van der Waals surface area contributed by atoms with Gasteiger partial charge in [0, 0.05) is 16.7 Å². The van der Waals surface area contributed by atoms with Crippen LogP contribution in [0.5, 0.6) is 11.5 Å². The molecule has 0 spiro atoms.